The molecule has 0 saturated heterocycles. The van der Waals surface area contributed by atoms with Gasteiger partial charge >= 0.3 is 5.97 Å². The van der Waals surface area contributed by atoms with E-state index in [1.807, 2.05) is 31.2 Å². The van der Waals surface area contributed by atoms with Crippen molar-refractivity contribution in [3.63, 3.8) is 0 Å². The highest BCUT2D eigenvalue weighted by molar-refractivity contribution is 5.89. The molecule has 32 heavy (non-hydrogen) atoms. The van der Waals surface area contributed by atoms with E-state index < -0.39 is 11.6 Å². The number of aromatic nitrogens is 2. The maximum Gasteiger partial charge on any atom is 0.343 e. The molecule has 0 aliphatic carbocycles. The normalized spacial score (nSPS) is 18.8. The van der Waals surface area contributed by atoms with Crippen LogP contribution < -0.4 is 10.3 Å². The lowest BCUT2D eigenvalue weighted by atomic mass is 9.86. The fourth-order valence-corrected chi connectivity index (χ4v) is 4.46. The average molecular weight is 436 g/mol. The van der Waals surface area contributed by atoms with Crippen molar-refractivity contribution in [2.45, 2.75) is 39.0 Å². The Bertz CT molecular complexity index is 1300. The molecule has 1 atom stereocenters. The number of hydrogen-bond acceptors (Lipinski definition) is 7. The van der Waals surface area contributed by atoms with Crippen molar-refractivity contribution in [3.8, 4) is 17.1 Å². The minimum absolute atomic E-state index is 0.113. The Kier molecular flexibility index (Phi) is 4.98. The number of rotatable bonds is 6. The van der Waals surface area contributed by atoms with Crippen LogP contribution in [0.2, 0.25) is 0 Å². The molecule has 166 valence electrons. The number of benzene rings is 1. The summed E-state index contributed by atoms with van der Waals surface area (Å²) in [4.78, 5) is 30.3. The van der Waals surface area contributed by atoms with Gasteiger partial charge in [-0.25, -0.2) is 9.78 Å². The summed E-state index contributed by atoms with van der Waals surface area (Å²) in [5.74, 6) is -0.0187. The second-order valence-electron chi connectivity index (χ2n) is 7.97. The molecule has 0 unspecified atom stereocenters. The summed E-state index contributed by atoms with van der Waals surface area (Å²) in [6.07, 6.45) is 0.113. The molecule has 1 N–H and O–H groups in total. The van der Waals surface area contributed by atoms with E-state index in [0.717, 1.165) is 16.5 Å². The van der Waals surface area contributed by atoms with Crippen molar-refractivity contribution in [1.29, 1.82) is 0 Å². The Morgan fingerprint density at radius 2 is 2.06 bits per heavy atom. The number of esters is 1. The zero-order valence-corrected chi connectivity index (χ0v) is 18.0. The SMILES string of the molecule is CCOCCOc1cccc2nc3c(cc12)Cn1c-3cc2c(c1=O)COC(=O)[C@]2(O)CC. The number of pyridine rings is 2. The number of carbonyl (C=O) groups is 1. The molecule has 0 radical (unpaired) electrons. The number of hydrogen-bond donors (Lipinski definition) is 1. The molecule has 2 aromatic heterocycles. The quantitative estimate of drug-likeness (QED) is 0.366. The van der Waals surface area contributed by atoms with Crippen LogP contribution in [0.4, 0.5) is 0 Å². The van der Waals surface area contributed by atoms with E-state index >= 15 is 0 Å². The van der Waals surface area contributed by atoms with Gasteiger partial charge in [0.15, 0.2) is 5.60 Å². The Morgan fingerprint density at radius 1 is 1.22 bits per heavy atom. The summed E-state index contributed by atoms with van der Waals surface area (Å²) < 4.78 is 18.0. The molecule has 0 fully saturated rings. The summed E-state index contributed by atoms with van der Waals surface area (Å²) in [6, 6.07) is 9.36. The lowest BCUT2D eigenvalue weighted by Crippen LogP contribution is -2.44. The first-order valence-electron chi connectivity index (χ1n) is 10.8. The number of fused-ring (bicyclic) bond motifs is 5. The van der Waals surface area contributed by atoms with Gasteiger partial charge in [0.2, 0.25) is 0 Å². The first kappa shape index (κ1) is 20.7. The van der Waals surface area contributed by atoms with Crippen molar-refractivity contribution in [2.75, 3.05) is 19.8 Å². The molecule has 2 aliphatic rings. The molecule has 0 bridgehead atoms. The highest BCUT2D eigenvalue weighted by atomic mass is 16.6. The zero-order valence-electron chi connectivity index (χ0n) is 18.0. The van der Waals surface area contributed by atoms with Gasteiger partial charge in [-0.05, 0) is 37.6 Å². The van der Waals surface area contributed by atoms with Crippen LogP contribution in [0.15, 0.2) is 35.1 Å². The van der Waals surface area contributed by atoms with Crippen molar-refractivity contribution in [2.24, 2.45) is 0 Å². The largest absolute Gasteiger partial charge is 0.490 e. The van der Waals surface area contributed by atoms with E-state index in [0.29, 0.717) is 54.6 Å². The molecule has 8 nitrogen and oxygen atoms in total. The van der Waals surface area contributed by atoms with Gasteiger partial charge in [0, 0.05) is 23.1 Å². The highest BCUT2D eigenvalue weighted by Crippen LogP contribution is 2.39. The molecule has 8 heteroatoms. The molecule has 0 spiro atoms. The monoisotopic (exact) mass is 436 g/mol. The van der Waals surface area contributed by atoms with Crippen LogP contribution >= 0.6 is 0 Å². The average Bonchev–Trinajstić information content (AvgIpc) is 3.16. The molecular weight excluding hydrogens is 412 g/mol. The standard InChI is InChI=1S/C24H24N2O6/c1-3-24(29)17-11-19-21-14(12-26(19)22(27)16(17)13-32-23(24)28)10-15-18(25-21)6-5-7-20(15)31-9-8-30-4-2/h5-7,10-11,29H,3-4,8-9,12-13H2,1-2H3/t24-/m0/s1. The van der Waals surface area contributed by atoms with Crippen LogP contribution in [0, 0.1) is 0 Å². The summed E-state index contributed by atoms with van der Waals surface area (Å²) in [7, 11) is 0. The first-order valence-corrected chi connectivity index (χ1v) is 10.8. The third-order valence-corrected chi connectivity index (χ3v) is 6.20. The summed E-state index contributed by atoms with van der Waals surface area (Å²) in [5.41, 5.74) is 1.41. The number of carbonyl (C=O) groups excluding carboxylic acids is 1. The van der Waals surface area contributed by atoms with Gasteiger partial charge in [-0.15, -0.1) is 0 Å². The molecule has 5 rings (SSSR count). The Labute approximate surface area is 184 Å². The third-order valence-electron chi connectivity index (χ3n) is 6.20. The first-order chi connectivity index (χ1) is 15.5. The van der Waals surface area contributed by atoms with Crippen LogP contribution in [0.1, 0.15) is 37.0 Å². The highest BCUT2D eigenvalue weighted by Gasteiger charge is 2.45. The molecule has 2 aliphatic heterocycles. The second-order valence-corrected chi connectivity index (χ2v) is 7.97. The van der Waals surface area contributed by atoms with E-state index in [-0.39, 0.29) is 18.6 Å². The summed E-state index contributed by atoms with van der Waals surface area (Å²) >= 11 is 0. The van der Waals surface area contributed by atoms with Gasteiger partial charge in [-0.1, -0.05) is 13.0 Å². The third kappa shape index (κ3) is 3.02. The van der Waals surface area contributed by atoms with Crippen LogP contribution in [0.25, 0.3) is 22.3 Å². The fraction of sp³-hybridized carbons (Fsp3) is 0.375. The van der Waals surface area contributed by atoms with Crippen LogP contribution in [0.3, 0.4) is 0 Å². The second kappa shape index (κ2) is 7.72. The van der Waals surface area contributed by atoms with Crippen LogP contribution in [0.5, 0.6) is 5.75 Å². The Balaban J connectivity index is 1.62. The van der Waals surface area contributed by atoms with Crippen molar-refractivity contribution in [3.05, 3.63) is 57.4 Å². The predicted molar refractivity (Wildman–Crippen MR) is 117 cm³/mol. The van der Waals surface area contributed by atoms with Crippen molar-refractivity contribution in [1.82, 2.24) is 9.55 Å². The Morgan fingerprint density at radius 3 is 2.84 bits per heavy atom. The maximum atomic E-state index is 13.2. The summed E-state index contributed by atoms with van der Waals surface area (Å²) in [6.45, 7) is 5.40. The van der Waals surface area contributed by atoms with E-state index in [1.54, 1.807) is 17.6 Å². The molecule has 0 amide bonds. The Hall–Kier alpha value is -3.23. The van der Waals surface area contributed by atoms with E-state index in [2.05, 4.69) is 0 Å². The minimum Gasteiger partial charge on any atom is -0.490 e. The zero-order chi connectivity index (χ0) is 22.5. The van der Waals surface area contributed by atoms with Gasteiger partial charge in [0.1, 0.15) is 19.0 Å². The van der Waals surface area contributed by atoms with Gasteiger partial charge in [-0.3, -0.25) is 4.79 Å². The number of cyclic esters (lactones) is 1. The van der Waals surface area contributed by atoms with Crippen LogP contribution in [-0.2, 0) is 33.0 Å². The van der Waals surface area contributed by atoms with E-state index in [9.17, 15) is 14.7 Å². The fourth-order valence-electron chi connectivity index (χ4n) is 4.46. The van der Waals surface area contributed by atoms with Gasteiger partial charge < -0.3 is 23.9 Å². The number of ether oxygens (including phenoxy) is 3. The van der Waals surface area contributed by atoms with Crippen molar-refractivity contribution < 1.29 is 24.1 Å². The minimum atomic E-state index is -1.83. The molecule has 3 aromatic rings. The molecular formula is C24H24N2O6. The predicted octanol–water partition coefficient (Wildman–Crippen LogP) is 2.49. The molecule has 0 saturated carbocycles. The van der Waals surface area contributed by atoms with Gasteiger partial charge in [-0.2, -0.15) is 0 Å². The van der Waals surface area contributed by atoms with E-state index in [4.69, 9.17) is 19.2 Å². The lowest BCUT2D eigenvalue weighted by Gasteiger charge is -2.31. The maximum absolute atomic E-state index is 13.2. The topological polar surface area (TPSA) is 99.9 Å². The van der Waals surface area contributed by atoms with E-state index in [1.165, 1.54) is 0 Å². The van der Waals surface area contributed by atoms with Gasteiger partial charge in [0.05, 0.1) is 35.6 Å². The van der Waals surface area contributed by atoms with Crippen molar-refractivity contribution >= 4 is 16.9 Å². The number of aliphatic hydroxyl groups is 1. The molecule has 1 aromatic carbocycles. The van der Waals surface area contributed by atoms with Gasteiger partial charge in [0.25, 0.3) is 5.56 Å². The smallest absolute Gasteiger partial charge is 0.343 e. The molecule has 4 heterocycles. The van der Waals surface area contributed by atoms with Crippen LogP contribution in [-0.4, -0.2) is 40.4 Å². The number of nitrogens with zero attached hydrogens (tertiary/aromatic N) is 2. The summed E-state index contributed by atoms with van der Waals surface area (Å²) in [5, 5.41) is 11.8. The lowest BCUT2D eigenvalue weighted by molar-refractivity contribution is -0.172.